The number of aromatic hydroxyl groups is 4. The van der Waals surface area contributed by atoms with Crippen molar-refractivity contribution in [1.29, 1.82) is 0 Å². The Morgan fingerprint density at radius 3 is 1.27 bits per heavy atom. The summed E-state index contributed by atoms with van der Waals surface area (Å²) in [4.78, 5) is -4.25. The summed E-state index contributed by atoms with van der Waals surface area (Å²) in [5, 5.41) is 55.5. The van der Waals surface area contributed by atoms with E-state index in [4.69, 9.17) is 4.74 Å². The topological polar surface area (TPSA) is 368 Å². The quantitative estimate of drug-likeness (QED) is 0.0563. The van der Waals surface area contributed by atoms with Crippen molar-refractivity contribution in [2.24, 2.45) is 20.5 Å². The van der Waals surface area contributed by atoms with Gasteiger partial charge in [-0.1, -0.05) is 18.2 Å². The number of ether oxygens (including phenoxy) is 1. The van der Waals surface area contributed by atoms with Crippen LogP contribution in [-0.4, -0.2) is 79.4 Å². The molecule has 6 aromatic rings. The van der Waals surface area contributed by atoms with Gasteiger partial charge in [0.05, 0.1) is 43.2 Å². The predicted octanol–water partition coefficient (Wildman–Crippen LogP) is -7.05. The summed E-state index contributed by atoms with van der Waals surface area (Å²) in [5.41, 5.74) is -0.892. The van der Waals surface area contributed by atoms with Crippen LogP contribution in [-0.2, 0) is 40.5 Å². The van der Waals surface area contributed by atoms with Crippen molar-refractivity contribution in [3.05, 3.63) is 78.9 Å². The molecule has 0 amide bonds. The molecular formula is C33H20N4Na4O17S4. The Morgan fingerprint density at radius 2 is 0.887 bits per heavy atom. The van der Waals surface area contributed by atoms with Crippen LogP contribution in [0.1, 0.15) is 0 Å². The van der Waals surface area contributed by atoms with Crippen molar-refractivity contribution in [3.63, 3.8) is 0 Å². The minimum atomic E-state index is -5.43. The van der Waals surface area contributed by atoms with Crippen LogP contribution in [0.2, 0.25) is 0 Å². The van der Waals surface area contributed by atoms with Gasteiger partial charge in [-0.15, -0.1) is 15.3 Å². The number of hydrogen-bond acceptors (Lipinski definition) is 21. The Kier molecular flexibility index (Phi) is 18.8. The maximum atomic E-state index is 12.1. The van der Waals surface area contributed by atoms with Crippen LogP contribution >= 0.6 is 0 Å². The molecule has 302 valence electrons. The van der Waals surface area contributed by atoms with E-state index in [0.29, 0.717) is 47.5 Å². The van der Waals surface area contributed by atoms with Crippen molar-refractivity contribution in [2.75, 3.05) is 7.11 Å². The van der Waals surface area contributed by atoms with Crippen molar-refractivity contribution in [2.45, 2.75) is 19.6 Å². The van der Waals surface area contributed by atoms with Crippen molar-refractivity contribution in [1.82, 2.24) is 0 Å². The molecule has 0 aliphatic heterocycles. The third-order valence-corrected chi connectivity index (χ3v) is 11.6. The van der Waals surface area contributed by atoms with Crippen LogP contribution in [0.5, 0.6) is 28.7 Å². The fraction of sp³-hybridized carbons (Fsp3) is 0.0303. The van der Waals surface area contributed by atoms with E-state index >= 15 is 0 Å². The number of hydrogen-bond donors (Lipinski definition) is 4. The second-order valence-corrected chi connectivity index (χ2v) is 17.3. The zero-order chi connectivity index (χ0) is 42.7. The Balaban J connectivity index is 0.00000331. The summed E-state index contributed by atoms with van der Waals surface area (Å²) in [6.45, 7) is 0. The van der Waals surface area contributed by atoms with Gasteiger partial charge in [0.15, 0.2) is 11.5 Å². The van der Waals surface area contributed by atoms with E-state index in [0.717, 1.165) is 0 Å². The van der Waals surface area contributed by atoms with Crippen molar-refractivity contribution >= 4 is 84.8 Å². The number of phenolic OH excluding ortho intramolecular Hbond substituents is 4. The molecule has 0 unspecified atom stereocenters. The van der Waals surface area contributed by atoms with E-state index in [1.807, 2.05) is 0 Å². The fourth-order valence-electron chi connectivity index (χ4n) is 5.61. The van der Waals surface area contributed by atoms with E-state index in [1.165, 1.54) is 49.6 Å². The number of nitrogens with zero attached hydrogens (tertiary/aromatic N) is 4. The van der Waals surface area contributed by atoms with E-state index < -0.39 is 116 Å². The Morgan fingerprint density at radius 1 is 0.484 bits per heavy atom. The summed E-state index contributed by atoms with van der Waals surface area (Å²) in [6, 6.07) is 13.6. The van der Waals surface area contributed by atoms with Gasteiger partial charge in [0.25, 0.3) is 0 Å². The Labute approximate surface area is 440 Å². The van der Waals surface area contributed by atoms with Gasteiger partial charge < -0.3 is 43.4 Å². The molecule has 0 aromatic heterocycles. The molecule has 62 heavy (non-hydrogen) atoms. The van der Waals surface area contributed by atoms with Gasteiger partial charge in [-0.25, -0.2) is 33.7 Å². The average molecular weight is 965 g/mol. The SMILES string of the molecule is COc1cc(-c2ccc(N=Nc3c(S(=O)(=O)[O-])cc4cc(S(=O)(=O)[O-])cc(O)c4c3O)cc2)ccc1N=Nc1c(S(=O)(=O)[O-])cc2cc(S(=O)(=O)[O-])cc(O)c2c1O.[Na+].[Na+].[Na+].[Na+]. The number of azo groups is 2. The number of benzene rings is 6. The monoisotopic (exact) mass is 964 g/mol. The number of phenols is 4. The molecule has 0 saturated carbocycles. The summed E-state index contributed by atoms with van der Waals surface area (Å²) < 4.78 is 147. The van der Waals surface area contributed by atoms with Crippen molar-refractivity contribution in [3.8, 4) is 39.9 Å². The first-order chi connectivity index (χ1) is 26.9. The summed E-state index contributed by atoms with van der Waals surface area (Å²) >= 11 is 0. The van der Waals surface area contributed by atoms with Crippen LogP contribution in [0.4, 0.5) is 22.7 Å². The van der Waals surface area contributed by atoms with E-state index in [9.17, 15) is 72.3 Å². The fourth-order valence-corrected chi connectivity index (χ4v) is 7.96. The molecule has 0 fully saturated rings. The largest absolute Gasteiger partial charge is 1.00 e. The summed E-state index contributed by atoms with van der Waals surface area (Å²) in [5.74, 6) is -4.01. The van der Waals surface area contributed by atoms with E-state index in [1.54, 1.807) is 0 Å². The minimum absolute atomic E-state index is 0. The molecule has 29 heteroatoms. The molecule has 0 aliphatic carbocycles. The standard InChI is InChI=1S/C33H24N4O17S4.4Na/c1-54-25-10-16(4-7-22(25)35-37-31-27(58(51,52)53)12-18-9-21(56(45,46)47)14-24(39)29(18)33(31)41)15-2-5-19(6-3-15)34-36-30-26(57(48,49)50)11-17-8-20(55(42,43)44)13-23(38)28(17)32(30)40;;;;/h2-14,38-41H,1H3,(H,42,43,44)(H,45,46,47)(H,48,49,50)(H,51,52,53);;;;/q;4*+1/p-4. The summed E-state index contributed by atoms with van der Waals surface area (Å²) in [6.07, 6.45) is 0. The molecule has 21 nitrogen and oxygen atoms in total. The zero-order valence-electron chi connectivity index (χ0n) is 32.5. The first-order valence-corrected chi connectivity index (χ1v) is 21.0. The minimum Gasteiger partial charge on any atom is -0.744 e. The van der Waals surface area contributed by atoms with Gasteiger partial charge in [0.2, 0.25) is 0 Å². The van der Waals surface area contributed by atoms with Gasteiger partial charge in [-0.2, -0.15) is 5.11 Å². The summed E-state index contributed by atoms with van der Waals surface area (Å²) in [7, 11) is -19.9. The molecule has 0 saturated heterocycles. The Bertz CT molecular complexity index is 3270. The third kappa shape index (κ3) is 11.9. The van der Waals surface area contributed by atoms with Gasteiger partial charge in [0, 0.05) is 0 Å². The number of rotatable bonds is 10. The zero-order valence-corrected chi connectivity index (χ0v) is 43.8. The molecule has 0 aliphatic rings. The number of fused-ring (bicyclic) bond motifs is 2. The van der Waals surface area contributed by atoms with Crippen LogP contribution in [0.25, 0.3) is 32.7 Å². The Hall–Kier alpha value is -2.32. The predicted molar refractivity (Wildman–Crippen MR) is 193 cm³/mol. The maximum absolute atomic E-state index is 12.1. The average Bonchev–Trinajstić information content (AvgIpc) is 3.12. The number of methoxy groups -OCH3 is 1. The molecule has 0 heterocycles. The molecule has 6 aromatic carbocycles. The first kappa shape index (κ1) is 55.8. The van der Waals surface area contributed by atoms with Crippen LogP contribution in [0, 0.1) is 0 Å². The molecule has 0 spiro atoms. The molecule has 4 N–H and O–H groups in total. The molecule has 6 rings (SSSR count). The normalized spacial score (nSPS) is 12.1. The van der Waals surface area contributed by atoms with E-state index in [2.05, 4.69) is 20.5 Å². The van der Waals surface area contributed by atoms with Gasteiger partial charge >= 0.3 is 118 Å². The van der Waals surface area contributed by atoms with Gasteiger partial charge in [-0.05, 0) is 82.6 Å². The van der Waals surface area contributed by atoms with Crippen LogP contribution in [0.15, 0.2) is 119 Å². The van der Waals surface area contributed by atoms with E-state index in [-0.39, 0.29) is 135 Å². The first-order valence-electron chi connectivity index (χ1n) is 15.4. The third-order valence-electron chi connectivity index (χ3n) is 8.22. The van der Waals surface area contributed by atoms with Crippen LogP contribution < -0.4 is 123 Å². The molecule has 0 radical (unpaired) electrons. The maximum Gasteiger partial charge on any atom is 1.00 e. The molecule has 0 bridgehead atoms. The molecule has 0 atom stereocenters. The molecular weight excluding hydrogens is 945 g/mol. The van der Waals surface area contributed by atoms with Gasteiger partial charge in [0.1, 0.15) is 74.8 Å². The smallest absolute Gasteiger partial charge is 0.744 e. The second-order valence-electron chi connectivity index (χ2n) is 11.9. The van der Waals surface area contributed by atoms with Crippen LogP contribution in [0.3, 0.4) is 0 Å². The van der Waals surface area contributed by atoms with Crippen molar-refractivity contribution < 1.29 is 195 Å². The van der Waals surface area contributed by atoms with Gasteiger partial charge in [-0.3, -0.25) is 0 Å². The second kappa shape index (κ2) is 20.9.